The second kappa shape index (κ2) is 6.71. The van der Waals surface area contributed by atoms with Crippen molar-refractivity contribution in [3.8, 4) is 11.8 Å². The molecular formula is C16H17N3O2. The van der Waals surface area contributed by atoms with Gasteiger partial charge in [-0.25, -0.2) is 4.98 Å². The van der Waals surface area contributed by atoms with Gasteiger partial charge in [0.15, 0.2) is 0 Å². The van der Waals surface area contributed by atoms with Gasteiger partial charge in [0.25, 0.3) is 5.56 Å². The second-order valence-electron chi connectivity index (χ2n) is 4.74. The smallest absolute Gasteiger partial charge is 0.253 e. The lowest BCUT2D eigenvalue weighted by molar-refractivity contribution is 0.299. The SMILES string of the molecule is Cc1cc(=O)n(CCCOc2ccccc2C#N)c(C)n1. The van der Waals surface area contributed by atoms with Crippen molar-refractivity contribution in [2.24, 2.45) is 0 Å². The van der Waals surface area contributed by atoms with Gasteiger partial charge >= 0.3 is 0 Å². The van der Waals surface area contributed by atoms with Crippen LogP contribution in [0.1, 0.15) is 23.5 Å². The van der Waals surface area contributed by atoms with Gasteiger partial charge in [-0.15, -0.1) is 0 Å². The molecule has 0 aliphatic carbocycles. The lowest BCUT2D eigenvalue weighted by Crippen LogP contribution is -2.24. The Hall–Kier alpha value is -2.61. The largest absolute Gasteiger partial charge is 0.492 e. The van der Waals surface area contributed by atoms with Gasteiger partial charge in [-0.2, -0.15) is 5.26 Å². The van der Waals surface area contributed by atoms with Crippen molar-refractivity contribution in [2.45, 2.75) is 26.8 Å². The minimum Gasteiger partial charge on any atom is -0.492 e. The second-order valence-corrected chi connectivity index (χ2v) is 4.74. The van der Waals surface area contributed by atoms with Crippen LogP contribution in [-0.2, 0) is 6.54 Å². The van der Waals surface area contributed by atoms with E-state index in [-0.39, 0.29) is 5.56 Å². The van der Waals surface area contributed by atoms with Gasteiger partial charge in [0.2, 0.25) is 0 Å². The first-order chi connectivity index (χ1) is 10.1. The van der Waals surface area contributed by atoms with Crippen molar-refractivity contribution in [3.05, 3.63) is 57.8 Å². The molecule has 5 heteroatoms. The molecule has 1 aromatic carbocycles. The molecule has 0 aliphatic rings. The zero-order chi connectivity index (χ0) is 15.2. The summed E-state index contributed by atoms with van der Waals surface area (Å²) < 4.78 is 7.23. The van der Waals surface area contributed by atoms with E-state index >= 15 is 0 Å². The maximum Gasteiger partial charge on any atom is 0.253 e. The number of nitrogens with zero attached hydrogens (tertiary/aromatic N) is 3. The van der Waals surface area contributed by atoms with Gasteiger partial charge in [-0.05, 0) is 32.4 Å². The topological polar surface area (TPSA) is 67.9 Å². The molecule has 0 aliphatic heterocycles. The van der Waals surface area contributed by atoms with Crippen LogP contribution in [0, 0.1) is 25.2 Å². The fourth-order valence-electron chi connectivity index (χ4n) is 2.13. The van der Waals surface area contributed by atoms with Crippen LogP contribution in [0.5, 0.6) is 5.75 Å². The molecule has 1 aromatic heterocycles. The molecule has 0 atom stereocenters. The van der Waals surface area contributed by atoms with Gasteiger partial charge < -0.3 is 4.74 Å². The molecule has 0 saturated carbocycles. The van der Waals surface area contributed by atoms with E-state index in [1.807, 2.05) is 13.0 Å². The van der Waals surface area contributed by atoms with Crippen molar-refractivity contribution in [3.63, 3.8) is 0 Å². The summed E-state index contributed by atoms with van der Waals surface area (Å²) in [6.45, 7) is 4.62. The molecule has 5 nitrogen and oxygen atoms in total. The summed E-state index contributed by atoms with van der Waals surface area (Å²) in [5.41, 5.74) is 1.20. The molecule has 0 N–H and O–H groups in total. The Kier molecular flexibility index (Phi) is 4.72. The number of nitriles is 1. The molecule has 2 aromatic rings. The molecule has 0 fully saturated rings. The third-order valence-corrected chi connectivity index (χ3v) is 3.12. The summed E-state index contributed by atoms with van der Waals surface area (Å²) in [7, 11) is 0. The van der Waals surface area contributed by atoms with E-state index in [0.717, 1.165) is 5.69 Å². The third-order valence-electron chi connectivity index (χ3n) is 3.12. The number of hydrogen-bond acceptors (Lipinski definition) is 4. The fourth-order valence-corrected chi connectivity index (χ4v) is 2.13. The quantitative estimate of drug-likeness (QED) is 0.789. The molecule has 108 valence electrons. The Morgan fingerprint density at radius 2 is 2.10 bits per heavy atom. The number of para-hydroxylation sites is 1. The molecule has 0 unspecified atom stereocenters. The first-order valence-corrected chi connectivity index (χ1v) is 6.79. The Balaban J connectivity index is 1.94. The predicted octanol–water partition coefficient (Wildman–Crippen LogP) is 2.20. The standard InChI is InChI=1S/C16H17N3O2/c1-12-10-16(20)19(13(2)18-12)8-5-9-21-15-7-4-3-6-14(15)11-17/h3-4,6-7,10H,5,8-9H2,1-2H3. The predicted molar refractivity (Wildman–Crippen MR) is 79.2 cm³/mol. The summed E-state index contributed by atoms with van der Waals surface area (Å²) >= 11 is 0. The highest BCUT2D eigenvalue weighted by Gasteiger charge is 2.04. The lowest BCUT2D eigenvalue weighted by Gasteiger charge is -2.11. The van der Waals surface area contributed by atoms with E-state index in [0.29, 0.717) is 36.7 Å². The van der Waals surface area contributed by atoms with Crippen molar-refractivity contribution < 1.29 is 4.74 Å². The summed E-state index contributed by atoms with van der Waals surface area (Å²) in [5.74, 6) is 1.28. The number of ether oxygens (including phenoxy) is 1. The van der Waals surface area contributed by atoms with Crippen LogP contribution in [0.2, 0.25) is 0 Å². The summed E-state index contributed by atoms with van der Waals surface area (Å²) in [5, 5.41) is 8.97. The number of aryl methyl sites for hydroxylation is 2. The average molecular weight is 283 g/mol. The highest BCUT2D eigenvalue weighted by Crippen LogP contribution is 2.16. The maximum absolute atomic E-state index is 11.9. The van der Waals surface area contributed by atoms with Gasteiger partial charge in [0, 0.05) is 18.3 Å². The summed E-state index contributed by atoms with van der Waals surface area (Å²) in [6, 6.07) is 10.7. The minimum atomic E-state index is -0.0441. The molecule has 2 rings (SSSR count). The molecule has 21 heavy (non-hydrogen) atoms. The number of benzene rings is 1. The van der Waals surface area contributed by atoms with Crippen LogP contribution in [-0.4, -0.2) is 16.2 Å². The zero-order valence-corrected chi connectivity index (χ0v) is 12.2. The van der Waals surface area contributed by atoms with Crippen LogP contribution in [0.25, 0.3) is 0 Å². The van der Waals surface area contributed by atoms with Crippen LogP contribution in [0.15, 0.2) is 35.1 Å². The third kappa shape index (κ3) is 3.69. The molecule has 0 amide bonds. The van der Waals surface area contributed by atoms with Gasteiger partial charge in [-0.1, -0.05) is 12.1 Å². The molecular weight excluding hydrogens is 266 g/mol. The van der Waals surface area contributed by atoms with Crippen molar-refractivity contribution in [1.29, 1.82) is 5.26 Å². The van der Waals surface area contributed by atoms with E-state index in [2.05, 4.69) is 11.1 Å². The molecule has 0 radical (unpaired) electrons. The van der Waals surface area contributed by atoms with Crippen LogP contribution < -0.4 is 10.3 Å². The summed E-state index contributed by atoms with van der Waals surface area (Å²) in [4.78, 5) is 16.1. The van der Waals surface area contributed by atoms with Crippen LogP contribution >= 0.6 is 0 Å². The highest BCUT2D eigenvalue weighted by molar-refractivity contribution is 5.42. The molecule has 0 saturated heterocycles. The normalized spacial score (nSPS) is 10.1. The van der Waals surface area contributed by atoms with Gasteiger partial charge in [0.1, 0.15) is 17.6 Å². The first kappa shape index (κ1) is 14.8. The van der Waals surface area contributed by atoms with E-state index in [9.17, 15) is 4.79 Å². The van der Waals surface area contributed by atoms with Crippen molar-refractivity contribution in [2.75, 3.05) is 6.61 Å². The molecule has 1 heterocycles. The number of rotatable bonds is 5. The van der Waals surface area contributed by atoms with Crippen LogP contribution in [0.4, 0.5) is 0 Å². The van der Waals surface area contributed by atoms with E-state index in [4.69, 9.17) is 10.00 Å². The van der Waals surface area contributed by atoms with E-state index < -0.39 is 0 Å². The average Bonchev–Trinajstić information content (AvgIpc) is 2.45. The fraction of sp³-hybridized carbons (Fsp3) is 0.312. The minimum absolute atomic E-state index is 0.0441. The van der Waals surface area contributed by atoms with E-state index in [1.165, 1.54) is 6.07 Å². The highest BCUT2D eigenvalue weighted by atomic mass is 16.5. The maximum atomic E-state index is 11.9. The van der Waals surface area contributed by atoms with Gasteiger partial charge in [0.05, 0.1) is 12.2 Å². The monoisotopic (exact) mass is 283 g/mol. The first-order valence-electron chi connectivity index (χ1n) is 6.79. The number of aromatic nitrogens is 2. The zero-order valence-electron chi connectivity index (χ0n) is 12.2. The molecule has 0 bridgehead atoms. The Bertz CT molecular complexity index is 729. The Morgan fingerprint density at radius 1 is 1.33 bits per heavy atom. The summed E-state index contributed by atoms with van der Waals surface area (Å²) in [6.07, 6.45) is 0.672. The Morgan fingerprint density at radius 3 is 2.81 bits per heavy atom. The van der Waals surface area contributed by atoms with Crippen molar-refractivity contribution in [1.82, 2.24) is 9.55 Å². The Labute approximate surface area is 123 Å². The van der Waals surface area contributed by atoms with Crippen LogP contribution in [0.3, 0.4) is 0 Å². The van der Waals surface area contributed by atoms with Crippen molar-refractivity contribution >= 4 is 0 Å². The lowest BCUT2D eigenvalue weighted by atomic mass is 10.2. The van der Waals surface area contributed by atoms with E-state index in [1.54, 1.807) is 29.7 Å². The number of hydrogen-bond donors (Lipinski definition) is 0. The van der Waals surface area contributed by atoms with Gasteiger partial charge in [-0.3, -0.25) is 9.36 Å². The molecule has 0 spiro atoms.